The van der Waals surface area contributed by atoms with Gasteiger partial charge in [0.25, 0.3) is 0 Å². The lowest BCUT2D eigenvalue weighted by Crippen LogP contribution is -2.68. The fourth-order valence-corrected chi connectivity index (χ4v) is 13.7. The Bertz CT molecular complexity index is 1340. The predicted molar refractivity (Wildman–Crippen MR) is 190 cm³/mol. The van der Waals surface area contributed by atoms with E-state index in [9.17, 15) is 19.4 Å². The van der Waals surface area contributed by atoms with Gasteiger partial charge in [-0.15, -0.1) is 0 Å². The molecule has 0 amide bonds. The molecule has 0 aromatic carbocycles. The highest BCUT2D eigenvalue weighted by molar-refractivity contribution is 5.75. The summed E-state index contributed by atoms with van der Waals surface area (Å²) in [5.74, 6) is 2.10. The lowest BCUT2D eigenvalue weighted by molar-refractivity contribution is -0.221. The number of hydrogen-bond acceptors (Lipinski definition) is 3. The van der Waals surface area contributed by atoms with Gasteiger partial charge >= 0.3 is 5.97 Å². The van der Waals surface area contributed by atoms with Crippen molar-refractivity contribution in [2.45, 2.75) is 150 Å². The number of carbonyl (C=O) groups is 1. The van der Waals surface area contributed by atoms with Crippen LogP contribution in [0.25, 0.3) is 0 Å². The van der Waals surface area contributed by atoms with Crippen LogP contribution in [0.15, 0.2) is 35.5 Å². The Balaban J connectivity index is 1.30. The lowest BCUT2D eigenvalue weighted by Gasteiger charge is -2.72. The molecule has 0 radical (unpaired) electrons. The monoisotopic (exact) mass is 652 g/mol. The first-order valence-corrected chi connectivity index (χ1v) is 19.1. The molecule has 4 saturated carbocycles. The Morgan fingerprint density at radius 2 is 1.68 bits per heavy atom. The van der Waals surface area contributed by atoms with Gasteiger partial charge in [-0.3, -0.25) is 4.79 Å². The van der Waals surface area contributed by atoms with E-state index < -0.39 is 23.7 Å². The first-order valence-electron chi connectivity index (χ1n) is 19.1. The van der Waals surface area contributed by atoms with Gasteiger partial charge in [0.05, 0.1) is 11.0 Å². The van der Waals surface area contributed by atoms with Crippen LogP contribution in [0.3, 0.4) is 0 Å². The SMILES string of the molecule is C=C(C)C1CCC2(NCCC(C)(C)O)CCC3(C)C(CCC4C5(C)CC=C(C6=CCC(CF)(C(=O)O)CC6)C(C)(C)C5CCC43C)C12. The van der Waals surface area contributed by atoms with Crippen LogP contribution < -0.4 is 5.32 Å². The summed E-state index contributed by atoms with van der Waals surface area (Å²) >= 11 is 0. The molecule has 4 fully saturated rings. The van der Waals surface area contributed by atoms with Gasteiger partial charge in [-0.05, 0) is 173 Å². The maximum absolute atomic E-state index is 13.9. The standard InChI is InChI=1S/C42H66FNO3/c1-27(2)29-14-21-42(44-25-24-36(3,4)47)23-22-39(8)31(34(29)42)10-11-33-38(7)17-15-30(37(5,6)32(38)16-18-40(33,39)9)28-12-19-41(26-43,20-13-28)35(45)46/h12,15,29,31-34,44,47H,1,10-11,13-14,16-26H2,2-9H3,(H,45,46). The largest absolute Gasteiger partial charge is 0.481 e. The number of carboxylic acid groups (broad SMARTS) is 1. The summed E-state index contributed by atoms with van der Waals surface area (Å²) in [5.41, 5.74) is 3.08. The molecule has 6 rings (SSSR count). The summed E-state index contributed by atoms with van der Waals surface area (Å²) in [5, 5.41) is 24.4. The molecular weight excluding hydrogens is 585 g/mol. The number of rotatable bonds is 8. The third-order valence-electron chi connectivity index (χ3n) is 16.5. The van der Waals surface area contributed by atoms with Crippen molar-refractivity contribution in [3.63, 3.8) is 0 Å². The van der Waals surface area contributed by atoms with Crippen molar-refractivity contribution in [3.05, 3.63) is 35.5 Å². The Hall–Kier alpha value is -1.46. The van der Waals surface area contributed by atoms with Crippen molar-refractivity contribution in [2.75, 3.05) is 13.2 Å². The fourth-order valence-electron chi connectivity index (χ4n) is 13.7. The summed E-state index contributed by atoms with van der Waals surface area (Å²) < 4.78 is 13.9. The molecule has 0 spiro atoms. The van der Waals surface area contributed by atoms with E-state index in [2.05, 4.69) is 65.6 Å². The van der Waals surface area contributed by atoms with Crippen LogP contribution in [0, 0.1) is 56.7 Å². The number of hydrogen-bond donors (Lipinski definition) is 3. The van der Waals surface area contributed by atoms with Crippen molar-refractivity contribution in [1.82, 2.24) is 5.32 Å². The zero-order valence-corrected chi connectivity index (χ0v) is 31.0. The average Bonchev–Trinajstić information content (AvgIpc) is 3.37. The number of nitrogens with one attached hydrogen (secondary N) is 1. The number of allylic oxidation sites excluding steroid dienone is 5. The van der Waals surface area contributed by atoms with E-state index >= 15 is 0 Å². The van der Waals surface area contributed by atoms with Gasteiger partial charge < -0.3 is 15.5 Å². The molecule has 10 unspecified atom stereocenters. The second-order valence-electron chi connectivity index (χ2n) is 19.5. The van der Waals surface area contributed by atoms with Crippen molar-refractivity contribution < 1.29 is 19.4 Å². The number of carboxylic acids is 1. The average molecular weight is 652 g/mol. The Morgan fingerprint density at radius 1 is 0.957 bits per heavy atom. The van der Waals surface area contributed by atoms with Gasteiger partial charge in [-0.25, -0.2) is 4.39 Å². The van der Waals surface area contributed by atoms with E-state index in [0.717, 1.165) is 19.4 Å². The van der Waals surface area contributed by atoms with E-state index in [1.165, 1.54) is 68.1 Å². The van der Waals surface area contributed by atoms with Crippen LogP contribution in [0.2, 0.25) is 0 Å². The third kappa shape index (κ3) is 5.20. The molecule has 6 aliphatic carbocycles. The zero-order chi connectivity index (χ0) is 34.4. The minimum atomic E-state index is -1.25. The van der Waals surface area contributed by atoms with Crippen molar-refractivity contribution >= 4 is 5.97 Å². The molecule has 6 aliphatic rings. The normalized spacial score (nSPS) is 45.9. The van der Waals surface area contributed by atoms with E-state index in [4.69, 9.17) is 0 Å². The van der Waals surface area contributed by atoms with Gasteiger partial charge in [0.2, 0.25) is 0 Å². The molecule has 264 valence electrons. The molecule has 5 heteroatoms. The molecule has 0 aliphatic heterocycles. The second-order valence-corrected chi connectivity index (χ2v) is 19.5. The first-order chi connectivity index (χ1) is 21.8. The molecule has 0 aromatic rings. The van der Waals surface area contributed by atoms with Crippen LogP contribution in [0.5, 0.6) is 0 Å². The molecular formula is C42H66FNO3. The first kappa shape index (κ1) is 35.4. The van der Waals surface area contributed by atoms with E-state index in [1.54, 1.807) is 0 Å². The predicted octanol–water partition coefficient (Wildman–Crippen LogP) is 9.83. The van der Waals surface area contributed by atoms with E-state index in [0.29, 0.717) is 48.9 Å². The number of halogens is 1. The van der Waals surface area contributed by atoms with Gasteiger partial charge in [-0.1, -0.05) is 58.9 Å². The quantitative estimate of drug-likeness (QED) is 0.229. The third-order valence-corrected chi connectivity index (χ3v) is 16.5. The van der Waals surface area contributed by atoms with Crippen LogP contribution in [-0.2, 0) is 4.79 Å². The summed E-state index contributed by atoms with van der Waals surface area (Å²) in [6.45, 7) is 23.7. The maximum Gasteiger partial charge on any atom is 0.312 e. The smallest absolute Gasteiger partial charge is 0.312 e. The zero-order valence-electron chi connectivity index (χ0n) is 31.0. The number of aliphatic hydroxyl groups is 1. The highest BCUT2D eigenvalue weighted by Gasteiger charge is 2.70. The van der Waals surface area contributed by atoms with Gasteiger partial charge in [0.15, 0.2) is 0 Å². The molecule has 4 nitrogen and oxygen atoms in total. The minimum absolute atomic E-state index is 0.000519. The number of aliphatic carboxylic acids is 1. The van der Waals surface area contributed by atoms with E-state index in [1.807, 2.05) is 13.8 Å². The van der Waals surface area contributed by atoms with Gasteiger partial charge in [0.1, 0.15) is 6.67 Å². The number of fused-ring (bicyclic) bond motifs is 7. The molecule has 0 aromatic heterocycles. The second kappa shape index (κ2) is 11.5. The summed E-state index contributed by atoms with van der Waals surface area (Å²) in [6.07, 6.45) is 17.9. The van der Waals surface area contributed by atoms with Crippen LogP contribution in [-0.4, -0.2) is 40.5 Å². The van der Waals surface area contributed by atoms with Crippen LogP contribution >= 0.6 is 0 Å². The van der Waals surface area contributed by atoms with Crippen molar-refractivity contribution in [3.8, 4) is 0 Å². The van der Waals surface area contributed by atoms with E-state index in [-0.39, 0.29) is 27.2 Å². The summed E-state index contributed by atoms with van der Waals surface area (Å²) in [4.78, 5) is 11.9. The van der Waals surface area contributed by atoms with Crippen LogP contribution in [0.1, 0.15) is 139 Å². The maximum atomic E-state index is 13.9. The molecule has 0 bridgehead atoms. The number of alkyl halides is 1. The summed E-state index contributed by atoms with van der Waals surface area (Å²) in [7, 11) is 0. The van der Waals surface area contributed by atoms with Gasteiger partial charge in [0, 0.05) is 5.54 Å². The van der Waals surface area contributed by atoms with Crippen LogP contribution in [0.4, 0.5) is 4.39 Å². The molecule has 47 heavy (non-hydrogen) atoms. The molecule has 10 atom stereocenters. The van der Waals surface area contributed by atoms with Crippen molar-refractivity contribution in [1.29, 1.82) is 0 Å². The highest BCUT2D eigenvalue weighted by Crippen LogP contribution is 2.76. The molecule has 0 heterocycles. The summed E-state index contributed by atoms with van der Waals surface area (Å²) in [6, 6.07) is 0. The minimum Gasteiger partial charge on any atom is -0.481 e. The Morgan fingerprint density at radius 3 is 2.28 bits per heavy atom. The Kier molecular flexibility index (Phi) is 8.68. The topological polar surface area (TPSA) is 69.6 Å². The van der Waals surface area contributed by atoms with Gasteiger partial charge in [-0.2, -0.15) is 0 Å². The highest BCUT2D eigenvalue weighted by atomic mass is 19.1. The fraction of sp³-hybridized carbons (Fsp3) is 0.833. The lowest BCUT2D eigenvalue weighted by atomic mass is 9.33. The van der Waals surface area contributed by atoms with Crippen molar-refractivity contribution in [2.24, 2.45) is 56.7 Å². The molecule has 3 N–H and O–H groups in total. The molecule has 0 saturated heterocycles. The Labute approximate surface area is 285 Å².